The van der Waals surface area contributed by atoms with Crippen molar-refractivity contribution in [1.82, 2.24) is 4.90 Å². The molecular weight excluding hydrogens is 521 g/mol. The number of amides is 2. The van der Waals surface area contributed by atoms with E-state index >= 15 is 0 Å². The summed E-state index contributed by atoms with van der Waals surface area (Å²) < 4.78 is 26.7. The van der Waals surface area contributed by atoms with Crippen molar-refractivity contribution in [2.45, 2.75) is 20.1 Å². The number of imide groups is 1. The standard InChI is InChI=1S/C26H21BrFNO4S/c1-2-32-23-13-18(9-12-22(23)33-16-17-7-10-20(27)11-8-17)14-24-25(30)29(26(31)34-24)15-19-5-3-4-6-21(19)28/h3-14H,2,15-16H2,1H3/b24-14-. The Balaban J connectivity index is 1.51. The van der Waals surface area contributed by atoms with Crippen LogP contribution in [0.4, 0.5) is 9.18 Å². The quantitative estimate of drug-likeness (QED) is 0.293. The molecule has 0 atom stereocenters. The summed E-state index contributed by atoms with van der Waals surface area (Å²) in [5.74, 6) is 0.214. The first-order valence-electron chi connectivity index (χ1n) is 10.6. The minimum absolute atomic E-state index is 0.109. The van der Waals surface area contributed by atoms with Gasteiger partial charge < -0.3 is 9.47 Å². The molecule has 4 rings (SSSR count). The summed E-state index contributed by atoms with van der Waals surface area (Å²) >= 11 is 4.25. The van der Waals surface area contributed by atoms with Gasteiger partial charge in [0.2, 0.25) is 0 Å². The van der Waals surface area contributed by atoms with Gasteiger partial charge in [0.15, 0.2) is 11.5 Å². The smallest absolute Gasteiger partial charge is 0.293 e. The van der Waals surface area contributed by atoms with Gasteiger partial charge in [-0.3, -0.25) is 14.5 Å². The summed E-state index contributed by atoms with van der Waals surface area (Å²) in [6.45, 7) is 2.58. The summed E-state index contributed by atoms with van der Waals surface area (Å²) in [7, 11) is 0. The topological polar surface area (TPSA) is 55.8 Å². The maximum absolute atomic E-state index is 14.0. The number of carbonyl (C=O) groups is 2. The van der Waals surface area contributed by atoms with Gasteiger partial charge in [0.25, 0.3) is 11.1 Å². The molecule has 174 valence electrons. The van der Waals surface area contributed by atoms with Crippen molar-refractivity contribution in [3.05, 3.63) is 98.6 Å². The van der Waals surface area contributed by atoms with Gasteiger partial charge in [-0.2, -0.15) is 0 Å². The summed E-state index contributed by atoms with van der Waals surface area (Å²) in [6.07, 6.45) is 1.63. The third kappa shape index (κ3) is 5.69. The van der Waals surface area contributed by atoms with Crippen LogP contribution < -0.4 is 9.47 Å². The number of nitrogens with zero attached hydrogens (tertiary/aromatic N) is 1. The normalized spacial score (nSPS) is 14.7. The number of rotatable bonds is 8. The van der Waals surface area contributed by atoms with Crippen LogP contribution in [-0.2, 0) is 17.9 Å². The number of halogens is 2. The first kappa shape index (κ1) is 24.0. The predicted molar refractivity (Wildman–Crippen MR) is 134 cm³/mol. The lowest BCUT2D eigenvalue weighted by molar-refractivity contribution is -0.123. The lowest BCUT2D eigenvalue weighted by atomic mass is 10.1. The predicted octanol–water partition coefficient (Wildman–Crippen LogP) is 6.80. The highest BCUT2D eigenvalue weighted by atomic mass is 79.9. The van der Waals surface area contributed by atoms with Crippen molar-refractivity contribution < 1.29 is 23.5 Å². The molecule has 0 bridgehead atoms. The molecule has 0 N–H and O–H groups in total. The van der Waals surface area contributed by atoms with Gasteiger partial charge in [-0.1, -0.05) is 52.3 Å². The average Bonchev–Trinajstić information content (AvgIpc) is 3.08. The molecule has 0 radical (unpaired) electrons. The lowest BCUT2D eigenvalue weighted by Crippen LogP contribution is -2.27. The van der Waals surface area contributed by atoms with E-state index in [4.69, 9.17) is 9.47 Å². The number of carbonyl (C=O) groups excluding carboxylic acids is 2. The van der Waals surface area contributed by atoms with Gasteiger partial charge in [0.05, 0.1) is 18.1 Å². The van der Waals surface area contributed by atoms with Crippen molar-refractivity contribution in [2.24, 2.45) is 0 Å². The van der Waals surface area contributed by atoms with E-state index in [2.05, 4.69) is 15.9 Å². The molecule has 0 unspecified atom stereocenters. The molecule has 0 aliphatic carbocycles. The summed E-state index contributed by atoms with van der Waals surface area (Å²) in [4.78, 5) is 26.6. The second-order valence-electron chi connectivity index (χ2n) is 7.41. The van der Waals surface area contributed by atoms with Crippen molar-refractivity contribution in [3.63, 3.8) is 0 Å². The molecule has 0 aromatic heterocycles. The molecule has 3 aromatic rings. The molecule has 3 aromatic carbocycles. The Kier molecular flexibility index (Phi) is 7.70. The van der Waals surface area contributed by atoms with Gasteiger partial charge in [-0.05, 0) is 66.2 Å². The van der Waals surface area contributed by atoms with Gasteiger partial charge in [0, 0.05) is 10.0 Å². The van der Waals surface area contributed by atoms with Crippen molar-refractivity contribution >= 4 is 44.9 Å². The highest BCUT2D eigenvalue weighted by Crippen LogP contribution is 2.35. The molecule has 1 saturated heterocycles. The summed E-state index contributed by atoms with van der Waals surface area (Å²) in [5, 5.41) is -0.431. The Morgan fingerprint density at radius 2 is 1.76 bits per heavy atom. The highest BCUT2D eigenvalue weighted by Gasteiger charge is 2.35. The zero-order chi connectivity index (χ0) is 24.1. The van der Waals surface area contributed by atoms with E-state index in [0.717, 1.165) is 26.7 Å². The molecule has 5 nitrogen and oxygen atoms in total. The lowest BCUT2D eigenvalue weighted by Gasteiger charge is -2.13. The molecule has 2 amide bonds. The molecule has 1 aliphatic heterocycles. The Labute approximate surface area is 209 Å². The molecular formula is C26H21BrFNO4S. The van der Waals surface area contributed by atoms with Crippen LogP contribution in [0.2, 0.25) is 0 Å². The van der Waals surface area contributed by atoms with Crippen LogP contribution in [0.25, 0.3) is 6.08 Å². The van der Waals surface area contributed by atoms with Crippen LogP contribution in [0.5, 0.6) is 11.5 Å². The van der Waals surface area contributed by atoms with Crippen LogP contribution in [0.15, 0.2) is 76.1 Å². The van der Waals surface area contributed by atoms with E-state index in [0.29, 0.717) is 30.3 Å². The Bertz CT molecular complexity index is 1250. The van der Waals surface area contributed by atoms with Crippen molar-refractivity contribution in [1.29, 1.82) is 0 Å². The fraction of sp³-hybridized carbons (Fsp3) is 0.154. The Morgan fingerprint density at radius 1 is 1.00 bits per heavy atom. The van der Waals surface area contributed by atoms with E-state index in [1.54, 1.807) is 42.5 Å². The van der Waals surface area contributed by atoms with Gasteiger partial charge in [-0.25, -0.2) is 4.39 Å². The number of ether oxygens (including phenoxy) is 2. The summed E-state index contributed by atoms with van der Waals surface area (Å²) in [5.41, 5.74) is 1.99. The fourth-order valence-corrected chi connectivity index (χ4v) is 4.43. The van der Waals surface area contributed by atoms with E-state index in [9.17, 15) is 14.0 Å². The summed E-state index contributed by atoms with van der Waals surface area (Å²) in [6, 6.07) is 19.3. The molecule has 1 fully saturated rings. The minimum Gasteiger partial charge on any atom is -0.490 e. The third-order valence-corrected chi connectivity index (χ3v) is 6.47. The van der Waals surface area contributed by atoms with E-state index in [1.807, 2.05) is 31.2 Å². The minimum atomic E-state index is -0.453. The maximum Gasteiger partial charge on any atom is 0.293 e. The highest BCUT2D eigenvalue weighted by molar-refractivity contribution is 9.10. The second kappa shape index (κ2) is 10.9. The first-order valence-corrected chi connectivity index (χ1v) is 12.2. The van der Waals surface area contributed by atoms with Crippen molar-refractivity contribution in [3.8, 4) is 11.5 Å². The van der Waals surface area contributed by atoms with Crippen LogP contribution in [0.1, 0.15) is 23.6 Å². The molecule has 0 spiro atoms. The molecule has 8 heteroatoms. The van der Waals surface area contributed by atoms with E-state index < -0.39 is 17.0 Å². The van der Waals surface area contributed by atoms with Crippen LogP contribution in [0, 0.1) is 5.82 Å². The van der Waals surface area contributed by atoms with Crippen LogP contribution in [0.3, 0.4) is 0 Å². The zero-order valence-corrected chi connectivity index (χ0v) is 20.7. The Hall–Kier alpha value is -3.10. The van der Waals surface area contributed by atoms with E-state index in [-0.39, 0.29) is 17.0 Å². The van der Waals surface area contributed by atoms with Gasteiger partial charge in [0.1, 0.15) is 12.4 Å². The molecule has 1 heterocycles. The monoisotopic (exact) mass is 541 g/mol. The number of hydrogen-bond acceptors (Lipinski definition) is 5. The van der Waals surface area contributed by atoms with Gasteiger partial charge >= 0.3 is 0 Å². The van der Waals surface area contributed by atoms with Crippen LogP contribution >= 0.6 is 27.7 Å². The average molecular weight is 542 g/mol. The van der Waals surface area contributed by atoms with Crippen LogP contribution in [-0.4, -0.2) is 22.7 Å². The molecule has 0 saturated carbocycles. The third-order valence-electron chi connectivity index (χ3n) is 5.03. The van der Waals surface area contributed by atoms with E-state index in [1.165, 1.54) is 6.07 Å². The first-order chi connectivity index (χ1) is 16.4. The Morgan fingerprint density at radius 3 is 2.50 bits per heavy atom. The SMILES string of the molecule is CCOc1cc(/C=C2\SC(=O)N(Cc3ccccc3F)C2=O)ccc1OCc1ccc(Br)cc1. The molecule has 1 aliphatic rings. The fourth-order valence-electron chi connectivity index (χ4n) is 3.33. The zero-order valence-electron chi connectivity index (χ0n) is 18.3. The number of thioether (sulfide) groups is 1. The largest absolute Gasteiger partial charge is 0.490 e. The second-order valence-corrected chi connectivity index (χ2v) is 9.32. The number of hydrogen-bond donors (Lipinski definition) is 0. The molecule has 34 heavy (non-hydrogen) atoms. The number of benzene rings is 3. The van der Waals surface area contributed by atoms with Gasteiger partial charge in [-0.15, -0.1) is 0 Å². The maximum atomic E-state index is 14.0. The van der Waals surface area contributed by atoms with Crippen molar-refractivity contribution in [2.75, 3.05) is 6.61 Å².